The van der Waals surface area contributed by atoms with Gasteiger partial charge in [0.15, 0.2) is 5.82 Å². The van der Waals surface area contributed by atoms with E-state index in [4.69, 9.17) is 10.8 Å². The minimum atomic E-state index is -1.23. The smallest absolute Gasteiger partial charge is 0.337 e. The van der Waals surface area contributed by atoms with E-state index in [1.54, 1.807) is 0 Å². The summed E-state index contributed by atoms with van der Waals surface area (Å²) < 4.78 is 18.0. The van der Waals surface area contributed by atoms with Gasteiger partial charge >= 0.3 is 5.97 Å². The first-order chi connectivity index (χ1) is 8.58. The van der Waals surface area contributed by atoms with Crippen molar-refractivity contribution < 1.29 is 18.8 Å². The lowest BCUT2D eigenvalue weighted by molar-refractivity contribution is 0.0698. The molecule has 8 heteroatoms. The Hall–Kier alpha value is -2.64. The number of carboxylic acid groups (broad SMARTS) is 1. The average molecular weight is 252 g/mol. The number of anilines is 2. The van der Waals surface area contributed by atoms with E-state index in [9.17, 15) is 9.18 Å². The van der Waals surface area contributed by atoms with Gasteiger partial charge in [0.2, 0.25) is 6.39 Å². The molecule has 1 aromatic heterocycles. The summed E-state index contributed by atoms with van der Waals surface area (Å²) in [7, 11) is 0. The number of aromatic carboxylic acids is 1. The topological polar surface area (TPSA) is 114 Å². The molecule has 0 saturated carbocycles. The number of aromatic nitrogens is 2. The first-order valence-corrected chi connectivity index (χ1v) is 4.89. The number of nitrogens with two attached hydrogens (primary N) is 1. The Morgan fingerprint density at radius 1 is 1.56 bits per heavy atom. The number of rotatable bonds is 4. The number of halogens is 1. The fourth-order valence-corrected chi connectivity index (χ4v) is 1.35. The predicted molar refractivity (Wildman–Crippen MR) is 59.4 cm³/mol. The van der Waals surface area contributed by atoms with Crippen LogP contribution in [0.2, 0.25) is 0 Å². The number of hydrogen-bond acceptors (Lipinski definition) is 6. The molecule has 2 aromatic rings. The van der Waals surface area contributed by atoms with Crippen LogP contribution in [0.4, 0.5) is 15.8 Å². The van der Waals surface area contributed by atoms with Crippen molar-refractivity contribution in [3.63, 3.8) is 0 Å². The number of nitrogen functional groups attached to an aromatic ring is 1. The van der Waals surface area contributed by atoms with Crippen LogP contribution in [0.5, 0.6) is 0 Å². The van der Waals surface area contributed by atoms with E-state index in [0.29, 0.717) is 5.82 Å². The highest BCUT2D eigenvalue weighted by Crippen LogP contribution is 2.22. The molecule has 0 atom stereocenters. The molecular formula is C10H9FN4O3. The SMILES string of the molecule is Nc1cc(F)c(NCc2ncon2)cc1C(=O)O. The molecule has 0 amide bonds. The summed E-state index contributed by atoms with van der Waals surface area (Å²) in [6.45, 7) is 0.108. The number of nitrogens with one attached hydrogen (secondary N) is 1. The summed E-state index contributed by atoms with van der Waals surface area (Å²) in [5.74, 6) is -1.56. The van der Waals surface area contributed by atoms with Gasteiger partial charge in [0.25, 0.3) is 0 Å². The van der Waals surface area contributed by atoms with Gasteiger partial charge in [0.05, 0.1) is 17.8 Å². The number of benzene rings is 1. The van der Waals surface area contributed by atoms with Gasteiger partial charge in [-0.2, -0.15) is 4.98 Å². The minimum absolute atomic E-state index is 0.00593. The lowest BCUT2D eigenvalue weighted by Crippen LogP contribution is -2.08. The standard InChI is InChI=1S/C10H9FN4O3/c11-6-2-7(12)5(10(16)17)1-8(6)13-3-9-14-4-18-15-9/h1-2,4,13H,3,12H2,(H,16,17). The number of hydrogen-bond donors (Lipinski definition) is 3. The van der Waals surface area contributed by atoms with Crippen LogP contribution >= 0.6 is 0 Å². The largest absolute Gasteiger partial charge is 0.478 e. The van der Waals surface area contributed by atoms with Crippen molar-refractivity contribution in [3.05, 3.63) is 35.7 Å². The maximum absolute atomic E-state index is 13.5. The molecule has 2 rings (SSSR count). The molecule has 4 N–H and O–H groups in total. The monoisotopic (exact) mass is 252 g/mol. The zero-order valence-corrected chi connectivity index (χ0v) is 9.05. The van der Waals surface area contributed by atoms with Crippen LogP contribution in [0.15, 0.2) is 23.0 Å². The maximum atomic E-state index is 13.5. The second-order valence-electron chi connectivity index (χ2n) is 3.43. The predicted octanol–water partition coefficient (Wildman–Crippen LogP) is 1.10. The number of carbonyl (C=O) groups is 1. The third kappa shape index (κ3) is 2.37. The molecule has 1 heterocycles. The summed E-state index contributed by atoms with van der Waals surface area (Å²) in [6, 6.07) is 2.06. The Labute approximate surface area is 100 Å². The molecule has 0 saturated heterocycles. The molecule has 0 aliphatic rings. The van der Waals surface area contributed by atoms with Gasteiger partial charge in [0.1, 0.15) is 5.82 Å². The van der Waals surface area contributed by atoms with Crippen LogP contribution in [-0.4, -0.2) is 21.2 Å². The van der Waals surface area contributed by atoms with Crippen molar-refractivity contribution >= 4 is 17.3 Å². The van der Waals surface area contributed by atoms with E-state index in [2.05, 4.69) is 20.0 Å². The summed E-state index contributed by atoms with van der Waals surface area (Å²) in [5, 5.41) is 15.0. The molecule has 7 nitrogen and oxygen atoms in total. The fourth-order valence-electron chi connectivity index (χ4n) is 1.35. The Bertz CT molecular complexity index is 571. The van der Waals surface area contributed by atoms with Crippen LogP contribution in [0.1, 0.15) is 16.2 Å². The normalized spacial score (nSPS) is 10.3. The second-order valence-corrected chi connectivity index (χ2v) is 3.43. The molecule has 0 aliphatic heterocycles. The van der Waals surface area contributed by atoms with Crippen LogP contribution in [0, 0.1) is 5.82 Å². The van der Waals surface area contributed by atoms with Crippen LogP contribution in [0.3, 0.4) is 0 Å². The Morgan fingerprint density at radius 2 is 2.33 bits per heavy atom. The van der Waals surface area contributed by atoms with E-state index < -0.39 is 11.8 Å². The first-order valence-electron chi connectivity index (χ1n) is 4.89. The van der Waals surface area contributed by atoms with Crippen molar-refractivity contribution in [2.24, 2.45) is 0 Å². The molecule has 0 bridgehead atoms. The van der Waals surface area contributed by atoms with Crippen molar-refractivity contribution in [3.8, 4) is 0 Å². The highest BCUT2D eigenvalue weighted by atomic mass is 19.1. The molecule has 0 unspecified atom stereocenters. The average Bonchev–Trinajstić information content (AvgIpc) is 2.80. The molecule has 0 aliphatic carbocycles. The lowest BCUT2D eigenvalue weighted by Gasteiger charge is -2.08. The first kappa shape index (κ1) is 11.8. The molecule has 0 spiro atoms. The highest BCUT2D eigenvalue weighted by molar-refractivity contribution is 5.94. The van der Waals surface area contributed by atoms with Crippen molar-refractivity contribution in [1.82, 2.24) is 10.1 Å². The van der Waals surface area contributed by atoms with E-state index in [1.807, 2.05) is 0 Å². The minimum Gasteiger partial charge on any atom is -0.478 e. The third-order valence-electron chi connectivity index (χ3n) is 2.21. The van der Waals surface area contributed by atoms with E-state index in [0.717, 1.165) is 18.5 Å². The number of nitrogens with zero attached hydrogens (tertiary/aromatic N) is 2. The van der Waals surface area contributed by atoms with E-state index in [-0.39, 0.29) is 23.5 Å². The lowest BCUT2D eigenvalue weighted by atomic mass is 10.1. The number of carboxylic acids is 1. The summed E-state index contributed by atoms with van der Waals surface area (Å²) in [5.41, 5.74) is 5.09. The Balaban J connectivity index is 2.22. The van der Waals surface area contributed by atoms with Gasteiger partial charge in [-0.05, 0) is 12.1 Å². The van der Waals surface area contributed by atoms with Gasteiger partial charge < -0.3 is 20.7 Å². The molecular weight excluding hydrogens is 243 g/mol. The van der Waals surface area contributed by atoms with Gasteiger partial charge in [-0.15, -0.1) is 0 Å². The van der Waals surface area contributed by atoms with Crippen LogP contribution in [0.25, 0.3) is 0 Å². The Kier molecular flexibility index (Phi) is 3.09. The van der Waals surface area contributed by atoms with Crippen molar-refractivity contribution in [2.45, 2.75) is 6.54 Å². The zero-order valence-electron chi connectivity index (χ0n) is 9.05. The maximum Gasteiger partial charge on any atom is 0.337 e. The molecule has 94 valence electrons. The van der Waals surface area contributed by atoms with E-state index in [1.165, 1.54) is 0 Å². The summed E-state index contributed by atoms with van der Waals surface area (Å²) in [4.78, 5) is 14.6. The quantitative estimate of drug-likeness (QED) is 0.698. The Morgan fingerprint density at radius 3 is 2.94 bits per heavy atom. The van der Waals surface area contributed by atoms with Crippen LogP contribution < -0.4 is 11.1 Å². The molecule has 0 fully saturated rings. The van der Waals surface area contributed by atoms with Gasteiger partial charge in [0, 0.05) is 5.69 Å². The third-order valence-corrected chi connectivity index (χ3v) is 2.21. The summed E-state index contributed by atoms with van der Waals surface area (Å²) >= 11 is 0. The fraction of sp³-hybridized carbons (Fsp3) is 0.100. The van der Waals surface area contributed by atoms with Gasteiger partial charge in [-0.25, -0.2) is 9.18 Å². The van der Waals surface area contributed by atoms with Crippen molar-refractivity contribution in [2.75, 3.05) is 11.1 Å². The molecule has 1 aromatic carbocycles. The van der Waals surface area contributed by atoms with Gasteiger partial charge in [-0.1, -0.05) is 5.16 Å². The van der Waals surface area contributed by atoms with E-state index >= 15 is 0 Å². The zero-order chi connectivity index (χ0) is 13.1. The second kappa shape index (κ2) is 4.70. The molecule has 0 radical (unpaired) electrons. The van der Waals surface area contributed by atoms with Gasteiger partial charge in [-0.3, -0.25) is 0 Å². The van der Waals surface area contributed by atoms with Crippen molar-refractivity contribution in [1.29, 1.82) is 0 Å². The van der Waals surface area contributed by atoms with Crippen LogP contribution in [-0.2, 0) is 6.54 Å². The molecule has 18 heavy (non-hydrogen) atoms. The highest BCUT2D eigenvalue weighted by Gasteiger charge is 2.13. The summed E-state index contributed by atoms with van der Waals surface area (Å²) in [6.07, 6.45) is 1.14.